The topological polar surface area (TPSA) is 198 Å². The number of aryl methyl sites for hydroxylation is 1. The second-order valence-electron chi connectivity index (χ2n) is 9.07. The number of benzene rings is 1. The van der Waals surface area contributed by atoms with Crippen LogP contribution < -0.4 is 16.4 Å². The molecule has 1 aromatic carbocycles. The summed E-state index contributed by atoms with van der Waals surface area (Å²) in [5, 5.41) is 36.0. The Morgan fingerprint density at radius 1 is 1.26 bits per heavy atom. The second kappa shape index (κ2) is 12.9. The van der Waals surface area contributed by atoms with Crippen molar-refractivity contribution in [2.45, 2.75) is 43.9 Å². The molecule has 0 aliphatic carbocycles. The number of halogens is 1. The molecule has 0 saturated carbocycles. The number of carbonyl (C=O) groups is 2. The zero-order chi connectivity index (χ0) is 28.1. The number of aromatic nitrogens is 4. The highest BCUT2D eigenvalue weighted by Crippen LogP contribution is 2.34. The van der Waals surface area contributed by atoms with Crippen LogP contribution in [0.1, 0.15) is 28.6 Å². The van der Waals surface area contributed by atoms with Crippen LogP contribution in [0.3, 0.4) is 0 Å². The first-order valence-corrected chi connectivity index (χ1v) is 13.8. The van der Waals surface area contributed by atoms with E-state index >= 15 is 0 Å². The van der Waals surface area contributed by atoms with Crippen LogP contribution in [-0.4, -0.2) is 95.7 Å². The van der Waals surface area contributed by atoms with Gasteiger partial charge >= 0.3 is 5.97 Å². The van der Waals surface area contributed by atoms with Gasteiger partial charge < -0.3 is 36.4 Å². The van der Waals surface area contributed by atoms with Crippen molar-refractivity contribution in [2.24, 2.45) is 5.73 Å². The first kappa shape index (κ1) is 29.0. The summed E-state index contributed by atoms with van der Waals surface area (Å²) < 4.78 is 7.41. The number of carbonyl (C=O) groups excluding carboxylic acids is 1. The van der Waals surface area contributed by atoms with Crippen molar-refractivity contribution in [1.82, 2.24) is 24.8 Å². The predicted molar refractivity (Wildman–Crippen MR) is 146 cm³/mol. The van der Waals surface area contributed by atoms with Crippen LogP contribution in [0.25, 0.3) is 11.2 Å². The van der Waals surface area contributed by atoms with Gasteiger partial charge in [0.25, 0.3) is 5.91 Å². The lowest BCUT2D eigenvalue weighted by Gasteiger charge is -2.17. The number of ether oxygens (including phenoxy) is 1. The molecule has 1 aliphatic rings. The van der Waals surface area contributed by atoms with E-state index in [9.17, 15) is 19.8 Å². The highest BCUT2D eigenvalue weighted by atomic mass is 35.5. The number of carboxylic acids is 1. The van der Waals surface area contributed by atoms with Crippen molar-refractivity contribution < 1.29 is 29.6 Å². The van der Waals surface area contributed by atoms with Crippen molar-refractivity contribution in [3.05, 3.63) is 47.0 Å². The Hall–Kier alpha value is -3.01. The number of carboxylic acid groups (broad SMARTS) is 1. The zero-order valence-corrected chi connectivity index (χ0v) is 22.6. The Morgan fingerprint density at radius 2 is 2.05 bits per heavy atom. The smallest absolute Gasteiger partial charge is 0.320 e. The molecule has 210 valence electrons. The molecule has 1 unspecified atom stereocenters. The normalized spacial score (nSPS) is 21.7. The molecule has 5 atom stereocenters. The molecule has 1 aliphatic heterocycles. The van der Waals surface area contributed by atoms with E-state index in [2.05, 4.69) is 25.6 Å². The molecule has 4 rings (SSSR count). The molecule has 1 saturated heterocycles. The maximum atomic E-state index is 12.4. The molecule has 7 N–H and O–H groups in total. The largest absolute Gasteiger partial charge is 0.480 e. The van der Waals surface area contributed by atoms with Gasteiger partial charge in [-0.1, -0.05) is 17.7 Å². The quantitative estimate of drug-likeness (QED) is 0.130. The third-order valence-corrected chi connectivity index (χ3v) is 7.42. The molecule has 1 fully saturated rings. The van der Waals surface area contributed by atoms with E-state index in [1.807, 2.05) is 19.1 Å². The van der Waals surface area contributed by atoms with Crippen LogP contribution in [0.2, 0.25) is 5.28 Å². The minimum atomic E-state index is -1.27. The van der Waals surface area contributed by atoms with E-state index < -0.39 is 36.6 Å². The van der Waals surface area contributed by atoms with Gasteiger partial charge in [-0.2, -0.15) is 21.7 Å². The Kier molecular flexibility index (Phi) is 9.58. The Balaban J connectivity index is 1.37. The van der Waals surface area contributed by atoms with E-state index in [1.165, 1.54) is 22.7 Å². The maximum Gasteiger partial charge on any atom is 0.320 e. The van der Waals surface area contributed by atoms with Crippen LogP contribution in [0.15, 0.2) is 30.6 Å². The summed E-state index contributed by atoms with van der Waals surface area (Å²) >= 11 is 7.53. The molecule has 2 aromatic heterocycles. The lowest BCUT2D eigenvalue weighted by molar-refractivity contribution is -0.138. The molecular formula is C24H30ClN7O6S. The fourth-order valence-electron chi connectivity index (χ4n) is 4.07. The average molecular weight is 580 g/mol. The van der Waals surface area contributed by atoms with Crippen LogP contribution >= 0.6 is 23.4 Å². The van der Waals surface area contributed by atoms with Crippen molar-refractivity contribution in [3.63, 3.8) is 0 Å². The number of thioether (sulfide) groups is 1. The highest BCUT2D eigenvalue weighted by molar-refractivity contribution is 7.99. The van der Waals surface area contributed by atoms with Crippen molar-refractivity contribution in [3.8, 4) is 0 Å². The number of hydrogen-bond acceptors (Lipinski definition) is 11. The van der Waals surface area contributed by atoms with E-state index in [1.54, 1.807) is 12.1 Å². The Labute approximate surface area is 233 Å². The Bertz CT molecular complexity index is 1330. The molecule has 39 heavy (non-hydrogen) atoms. The molecule has 13 nitrogen and oxygen atoms in total. The van der Waals surface area contributed by atoms with Gasteiger partial charge in [-0.3, -0.25) is 14.2 Å². The van der Waals surface area contributed by atoms with E-state index in [0.29, 0.717) is 47.1 Å². The number of fused-ring (bicyclic) bond motifs is 1. The van der Waals surface area contributed by atoms with Gasteiger partial charge in [0.1, 0.15) is 18.2 Å². The molecular weight excluding hydrogens is 550 g/mol. The van der Waals surface area contributed by atoms with Gasteiger partial charge in [-0.25, -0.2) is 4.98 Å². The summed E-state index contributed by atoms with van der Waals surface area (Å²) in [5.41, 5.74) is 7.73. The number of aliphatic hydroxyl groups is 2. The molecule has 0 spiro atoms. The third-order valence-electron chi connectivity index (χ3n) is 6.16. The fourth-order valence-corrected chi connectivity index (χ4v) is 5.33. The van der Waals surface area contributed by atoms with E-state index in [-0.39, 0.29) is 17.6 Å². The number of aliphatic carboxylic acids is 1. The fraction of sp³-hybridized carbons (Fsp3) is 0.458. The lowest BCUT2D eigenvalue weighted by atomic mass is 10.1. The summed E-state index contributed by atoms with van der Waals surface area (Å²) in [5.74, 6) is -0.151. The zero-order valence-electron chi connectivity index (χ0n) is 21.0. The van der Waals surface area contributed by atoms with Crippen molar-refractivity contribution in [1.29, 1.82) is 0 Å². The van der Waals surface area contributed by atoms with E-state index in [0.717, 1.165) is 5.56 Å². The van der Waals surface area contributed by atoms with Gasteiger partial charge in [-0.05, 0) is 42.8 Å². The molecule has 3 aromatic rings. The third kappa shape index (κ3) is 6.96. The van der Waals surface area contributed by atoms with Crippen molar-refractivity contribution >= 4 is 52.2 Å². The van der Waals surface area contributed by atoms with Gasteiger partial charge in [0.2, 0.25) is 5.28 Å². The number of amides is 1. The minimum Gasteiger partial charge on any atom is -0.480 e. The molecule has 1 amide bonds. The Morgan fingerprint density at radius 3 is 2.79 bits per heavy atom. The monoisotopic (exact) mass is 579 g/mol. The number of nitrogens with zero attached hydrogens (tertiary/aromatic N) is 4. The molecule has 0 bridgehead atoms. The first-order chi connectivity index (χ1) is 18.7. The number of imidazole rings is 1. The predicted octanol–water partition coefficient (Wildman–Crippen LogP) is 0.784. The van der Waals surface area contributed by atoms with Crippen LogP contribution in [-0.2, 0) is 9.53 Å². The standard InChI is InChI=1S/C24H30ClN7O6S/c1-12-3-2-4-13(9-12)21(35)28-7-6-27-19-16-20(31-24(25)30-19)32(11-29-16)22-18(34)17(33)15(38-22)10-39-8-5-14(26)23(36)37/h2-4,9,11,14-15,17-18,22,33-34H,5-8,10,26H2,1H3,(H,28,35)(H,36,37)(H,27,30,31)/t14?,15-,17+,18-,22-/m1/s1. The summed E-state index contributed by atoms with van der Waals surface area (Å²) in [6.07, 6.45) is -2.45. The number of hydrogen-bond donors (Lipinski definition) is 6. The van der Waals surface area contributed by atoms with Gasteiger partial charge in [0.15, 0.2) is 23.2 Å². The van der Waals surface area contributed by atoms with E-state index in [4.69, 9.17) is 27.2 Å². The summed E-state index contributed by atoms with van der Waals surface area (Å²) in [6, 6.07) is 6.32. The average Bonchev–Trinajstić information content (AvgIpc) is 3.44. The second-order valence-corrected chi connectivity index (χ2v) is 10.6. The van der Waals surface area contributed by atoms with Crippen LogP contribution in [0.5, 0.6) is 0 Å². The molecule has 0 radical (unpaired) electrons. The number of nitrogens with two attached hydrogens (primary N) is 1. The van der Waals surface area contributed by atoms with Gasteiger partial charge in [0, 0.05) is 24.4 Å². The molecule has 15 heteroatoms. The van der Waals surface area contributed by atoms with Crippen LogP contribution in [0, 0.1) is 6.92 Å². The molecule has 3 heterocycles. The summed E-state index contributed by atoms with van der Waals surface area (Å²) in [4.78, 5) is 36.0. The number of aliphatic hydroxyl groups excluding tert-OH is 2. The number of rotatable bonds is 12. The maximum absolute atomic E-state index is 12.4. The highest BCUT2D eigenvalue weighted by Gasteiger charge is 2.44. The SMILES string of the molecule is Cc1cccc(C(=O)NCCNc2nc(Cl)nc3c2ncn3[C@@H]2O[C@H](CSCCC(N)C(=O)O)[C@H](O)[C@H]2O)c1. The summed E-state index contributed by atoms with van der Waals surface area (Å²) in [7, 11) is 0. The lowest BCUT2D eigenvalue weighted by Crippen LogP contribution is -2.33. The van der Waals surface area contributed by atoms with Crippen LogP contribution in [0.4, 0.5) is 5.82 Å². The summed E-state index contributed by atoms with van der Waals surface area (Å²) in [6.45, 7) is 2.56. The van der Waals surface area contributed by atoms with Gasteiger partial charge in [0.05, 0.1) is 12.4 Å². The number of nitrogens with one attached hydrogen (secondary N) is 2. The minimum absolute atomic E-state index is 0.0644. The first-order valence-electron chi connectivity index (χ1n) is 12.2. The number of anilines is 1. The van der Waals surface area contributed by atoms with Gasteiger partial charge in [-0.15, -0.1) is 0 Å². The van der Waals surface area contributed by atoms with Crippen molar-refractivity contribution in [2.75, 3.05) is 29.9 Å².